The van der Waals surface area contributed by atoms with Gasteiger partial charge in [-0.1, -0.05) is 42.5 Å². The molecule has 0 bridgehead atoms. The monoisotopic (exact) mass is 363 g/mol. The Hall–Kier alpha value is -2.92. The van der Waals surface area contributed by atoms with E-state index in [1.165, 1.54) is 10.5 Å². The number of nitrogens with zero attached hydrogens (tertiary/aromatic N) is 2. The number of quaternary nitrogens is 1. The fourth-order valence-electron chi connectivity index (χ4n) is 3.25. The quantitative estimate of drug-likeness (QED) is 0.704. The lowest BCUT2D eigenvalue weighted by molar-refractivity contribution is -0.872. The highest BCUT2D eigenvalue weighted by Gasteiger charge is 2.19. The number of hydrogen-bond acceptors (Lipinski definition) is 2. The number of carbonyl (C=O) groups is 1. The minimum atomic E-state index is -0.0889. The van der Waals surface area contributed by atoms with E-state index in [0.29, 0.717) is 12.1 Å². The Morgan fingerprint density at radius 1 is 1.00 bits per heavy atom. The average Bonchev–Trinajstić information content (AvgIpc) is 2.95. The first-order chi connectivity index (χ1) is 13.0. The van der Waals surface area contributed by atoms with Crippen molar-refractivity contribution in [2.24, 2.45) is 0 Å². The zero-order valence-corrected chi connectivity index (χ0v) is 16.4. The molecule has 2 N–H and O–H groups in total. The van der Waals surface area contributed by atoms with Crippen molar-refractivity contribution in [1.82, 2.24) is 15.1 Å². The molecule has 0 spiro atoms. The Labute approximate surface area is 160 Å². The molecular formula is C22H27N4O+. The molecule has 0 atom stereocenters. The van der Waals surface area contributed by atoms with Crippen LogP contribution in [0.2, 0.25) is 0 Å². The molecule has 0 fully saturated rings. The summed E-state index contributed by atoms with van der Waals surface area (Å²) in [6.07, 6.45) is 0. The van der Waals surface area contributed by atoms with Crippen molar-refractivity contribution in [3.63, 3.8) is 0 Å². The zero-order valence-electron chi connectivity index (χ0n) is 16.4. The number of rotatable bonds is 6. The maximum Gasteiger partial charge on any atom is 0.255 e. The standard InChI is InChI=1S/C22H26N4O/c1-16-21(17(2)26(24-16)20-8-6-5-7-9-20)22(27)23-14-18-10-12-19(13-11-18)15-25(3)4/h5-13H,14-15H2,1-4H3,(H,23,27)/p+1. The van der Waals surface area contributed by atoms with Crippen molar-refractivity contribution in [3.8, 4) is 5.69 Å². The van der Waals surface area contributed by atoms with Crippen LogP contribution in [0.1, 0.15) is 32.9 Å². The molecule has 0 aliphatic carbocycles. The minimum Gasteiger partial charge on any atom is -0.348 e. The van der Waals surface area contributed by atoms with Crippen LogP contribution in [-0.4, -0.2) is 29.8 Å². The fourth-order valence-corrected chi connectivity index (χ4v) is 3.25. The van der Waals surface area contributed by atoms with E-state index in [1.54, 1.807) is 0 Å². The maximum absolute atomic E-state index is 12.7. The predicted octanol–water partition coefficient (Wildman–Crippen LogP) is 2.06. The van der Waals surface area contributed by atoms with E-state index < -0.39 is 0 Å². The molecule has 5 nitrogen and oxygen atoms in total. The molecule has 1 heterocycles. The molecule has 1 aromatic heterocycles. The van der Waals surface area contributed by atoms with E-state index in [-0.39, 0.29) is 5.91 Å². The summed E-state index contributed by atoms with van der Waals surface area (Å²) in [7, 11) is 4.27. The van der Waals surface area contributed by atoms with E-state index in [1.807, 2.05) is 48.9 Å². The Balaban J connectivity index is 1.71. The highest BCUT2D eigenvalue weighted by molar-refractivity contribution is 5.96. The van der Waals surface area contributed by atoms with Gasteiger partial charge in [0.2, 0.25) is 0 Å². The van der Waals surface area contributed by atoms with Crippen LogP contribution in [0.15, 0.2) is 54.6 Å². The number of aromatic nitrogens is 2. The third-order valence-corrected chi connectivity index (χ3v) is 4.55. The highest BCUT2D eigenvalue weighted by atomic mass is 16.1. The second-order valence-corrected chi connectivity index (χ2v) is 7.18. The maximum atomic E-state index is 12.7. The topological polar surface area (TPSA) is 51.4 Å². The highest BCUT2D eigenvalue weighted by Crippen LogP contribution is 2.18. The number of carbonyl (C=O) groups excluding carboxylic acids is 1. The van der Waals surface area contributed by atoms with Gasteiger partial charge in [0.15, 0.2) is 0 Å². The normalized spacial score (nSPS) is 11.0. The molecule has 0 aliphatic rings. The zero-order chi connectivity index (χ0) is 19.4. The van der Waals surface area contributed by atoms with Crippen LogP contribution in [-0.2, 0) is 13.1 Å². The number of amides is 1. The van der Waals surface area contributed by atoms with E-state index in [4.69, 9.17) is 0 Å². The van der Waals surface area contributed by atoms with Gasteiger partial charge in [0.1, 0.15) is 6.54 Å². The molecule has 2 aromatic carbocycles. The van der Waals surface area contributed by atoms with E-state index in [2.05, 4.69) is 48.8 Å². The lowest BCUT2D eigenvalue weighted by Gasteiger charge is -2.09. The van der Waals surface area contributed by atoms with Crippen LogP contribution in [0.25, 0.3) is 5.69 Å². The van der Waals surface area contributed by atoms with E-state index >= 15 is 0 Å². The first-order valence-electron chi connectivity index (χ1n) is 9.22. The molecule has 140 valence electrons. The Bertz CT molecular complexity index is 911. The summed E-state index contributed by atoms with van der Waals surface area (Å²) in [4.78, 5) is 14.1. The summed E-state index contributed by atoms with van der Waals surface area (Å²) >= 11 is 0. The van der Waals surface area contributed by atoms with Crippen molar-refractivity contribution >= 4 is 5.91 Å². The average molecular weight is 363 g/mol. The lowest BCUT2D eigenvalue weighted by Crippen LogP contribution is -3.04. The van der Waals surface area contributed by atoms with Gasteiger partial charge in [-0.25, -0.2) is 4.68 Å². The van der Waals surface area contributed by atoms with Gasteiger partial charge >= 0.3 is 0 Å². The van der Waals surface area contributed by atoms with Gasteiger partial charge in [-0.15, -0.1) is 0 Å². The third kappa shape index (κ3) is 4.44. The van der Waals surface area contributed by atoms with Crippen molar-refractivity contribution in [3.05, 3.63) is 82.7 Å². The number of nitrogens with one attached hydrogen (secondary N) is 2. The number of hydrogen-bond donors (Lipinski definition) is 2. The first kappa shape index (κ1) is 18.9. The van der Waals surface area contributed by atoms with Gasteiger partial charge in [-0.3, -0.25) is 4.79 Å². The lowest BCUT2D eigenvalue weighted by atomic mass is 10.1. The minimum absolute atomic E-state index is 0.0889. The molecule has 0 radical (unpaired) electrons. The molecule has 3 aromatic rings. The molecule has 0 unspecified atom stereocenters. The molecule has 0 saturated heterocycles. The van der Waals surface area contributed by atoms with E-state index in [9.17, 15) is 4.79 Å². The van der Waals surface area contributed by atoms with Crippen LogP contribution in [0.4, 0.5) is 0 Å². The van der Waals surface area contributed by atoms with Crippen LogP contribution in [0, 0.1) is 13.8 Å². The molecular weight excluding hydrogens is 336 g/mol. The smallest absolute Gasteiger partial charge is 0.255 e. The Morgan fingerprint density at radius 2 is 1.63 bits per heavy atom. The summed E-state index contributed by atoms with van der Waals surface area (Å²) in [6.45, 7) is 5.30. The second kappa shape index (κ2) is 8.18. The van der Waals surface area contributed by atoms with E-state index in [0.717, 1.165) is 29.2 Å². The van der Waals surface area contributed by atoms with Gasteiger partial charge in [0, 0.05) is 12.1 Å². The fraction of sp³-hybridized carbons (Fsp3) is 0.273. The predicted molar refractivity (Wildman–Crippen MR) is 107 cm³/mol. The Kier molecular flexibility index (Phi) is 5.72. The van der Waals surface area contributed by atoms with Crippen LogP contribution in [0.3, 0.4) is 0 Å². The molecule has 3 rings (SSSR count). The summed E-state index contributed by atoms with van der Waals surface area (Å²) < 4.78 is 1.82. The summed E-state index contributed by atoms with van der Waals surface area (Å²) in [5.41, 5.74) is 5.56. The molecule has 27 heavy (non-hydrogen) atoms. The van der Waals surface area contributed by atoms with Gasteiger partial charge in [-0.2, -0.15) is 5.10 Å². The van der Waals surface area contributed by atoms with Crippen molar-refractivity contribution < 1.29 is 9.69 Å². The SMILES string of the molecule is Cc1nn(-c2ccccc2)c(C)c1C(=O)NCc1ccc(C[NH+](C)C)cc1. The van der Waals surface area contributed by atoms with Gasteiger partial charge in [0.25, 0.3) is 5.91 Å². The number of para-hydroxylation sites is 1. The van der Waals surface area contributed by atoms with Crippen LogP contribution < -0.4 is 10.2 Å². The van der Waals surface area contributed by atoms with Crippen LogP contribution >= 0.6 is 0 Å². The summed E-state index contributed by atoms with van der Waals surface area (Å²) in [5.74, 6) is -0.0889. The largest absolute Gasteiger partial charge is 0.348 e. The molecule has 0 saturated carbocycles. The van der Waals surface area contributed by atoms with Gasteiger partial charge < -0.3 is 10.2 Å². The van der Waals surface area contributed by atoms with Crippen molar-refractivity contribution in [2.75, 3.05) is 14.1 Å². The summed E-state index contributed by atoms with van der Waals surface area (Å²) in [5, 5.41) is 7.57. The molecule has 1 amide bonds. The molecule has 5 heteroatoms. The van der Waals surface area contributed by atoms with Crippen LogP contribution in [0.5, 0.6) is 0 Å². The third-order valence-electron chi connectivity index (χ3n) is 4.55. The molecule has 0 aliphatic heterocycles. The summed E-state index contributed by atoms with van der Waals surface area (Å²) in [6, 6.07) is 18.3. The second-order valence-electron chi connectivity index (χ2n) is 7.18. The van der Waals surface area contributed by atoms with Gasteiger partial charge in [0.05, 0.1) is 36.7 Å². The van der Waals surface area contributed by atoms with Crippen molar-refractivity contribution in [1.29, 1.82) is 0 Å². The number of aryl methyl sites for hydroxylation is 1. The first-order valence-corrected chi connectivity index (χ1v) is 9.22. The van der Waals surface area contributed by atoms with Gasteiger partial charge in [-0.05, 0) is 31.5 Å². The van der Waals surface area contributed by atoms with Crippen molar-refractivity contribution in [2.45, 2.75) is 26.9 Å². The number of benzene rings is 2. The Morgan fingerprint density at radius 3 is 2.26 bits per heavy atom.